The highest BCUT2D eigenvalue weighted by molar-refractivity contribution is 5.67. The Morgan fingerprint density at radius 2 is 2.13 bits per heavy atom. The van der Waals surface area contributed by atoms with E-state index in [1.54, 1.807) is 6.92 Å². The molecule has 1 aliphatic rings. The molecule has 0 radical (unpaired) electrons. The molecule has 82 valence electrons. The topological polar surface area (TPSA) is 29.3 Å². The van der Waals surface area contributed by atoms with Gasteiger partial charge in [-0.25, -0.2) is 4.39 Å². The van der Waals surface area contributed by atoms with Crippen molar-refractivity contribution in [3.8, 4) is 0 Å². The van der Waals surface area contributed by atoms with E-state index in [2.05, 4.69) is 0 Å². The second-order valence-electron chi connectivity index (χ2n) is 4.50. The van der Waals surface area contributed by atoms with Gasteiger partial charge in [0.05, 0.1) is 17.9 Å². The maximum Gasteiger partial charge on any atom is 0.125 e. The first-order valence-electron chi connectivity index (χ1n) is 5.37. The maximum atomic E-state index is 13.9. The summed E-state index contributed by atoms with van der Waals surface area (Å²) < 4.78 is 13.9. The fourth-order valence-electron chi connectivity index (χ4n) is 2.18. The van der Waals surface area contributed by atoms with Crippen LogP contribution in [0, 0.1) is 0 Å². The molecule has 2 rings (SSSR count). The molecule has 2 N–H and O–H groups in total. The highest BCUT2D eigenvalue weighted by Gasteiger charge is 2.31. The number of hydrogen-bond acceptors (Lipinski definition) is 2. The Morgan fingerprint density at radius 3 is 2.80 bits per heavy atom. The lowest BCUT2D eigenvalue weighted by molar-refractivity contribution is 0.160. The Bertz CT molecular complexity index is 349. The molecule has 0 saturated carbocycles. The summed E-state index contributed by atoms with van der Waals surface area (Å²) in [6.07, 6.45) is 1.54. The van der Waals surface area contributed by atoms with Gasteiger partial charge in [0.2, 0.25) is 0 Å². The van der Waals surface area contributed by atoms with Crippen LogP contribution < -0.4 is 10.6 Å². The van der Waals surface area contributed by atoms with Crippen molar-refractivity contribution in [3.63, 3.8) is 0 Å². The lowest BCUT2D eigenvalue weighted by atomic mass is 9.96. The SMILES string of the molecule is CC1(F)CCCN(c2ccccc2N)C1. The number of nitrogens with two attached hydrogens (primary N) is 1. The zero-order valence-corrected chi connectivity index (χ0v) is 9.04. The van der Waals surface area contributed by atoms with Crippen molar-refractivity contribution >= 4 is 11.4 Å². The van der Waals surface area contributed by atoms with Crippen molar-refractivity contribution in [1.82, 2.24) is 0 Å². The first-order chi connectivity index (χ1) is 7.08. The Kier molecular flexibility index (Phi) is 2.55. The molecule has 0 spiro atoms. The van der Waals surface area contributed by atoms with Gasteiger partial charge in [-0.3, -0.25) is 0 Å². The molecule has 0 amide bonds. The van der Waals surface area contributed by atoms with Gasteiger partial charge in [-0.15, -0.1) is 0 Å². The zero-order chi connectivity index (χ0) is 10.9. The van der Waals surface area contributed by atoms with E-state index in [0.29, 0.717) is 13.0 Å². The van der Waals surface area contributed by atoms with Crippen LogP contribution in [-0.4, -0.2) is 18.8 Å². The number of benzene rings is 1. The van der Waals surface area contributed by atoms with Crippen LogP contribution >= 0.6 is 0 Å². The van der Waals surface area contributed by atoms with E-state index < -0.39 is 5.67 Å². The minimum Gasteiger partial charge on any atom is -0.397 e. The van der Waals surface area contributed by atoms with Gasteiger partial charge in [-0.05, 0) is 31.9 Å². The molecule has 2 nitrogen and oxygen atoms in total. The van der Waals surface area contributed by atoms with Crippen LogP contribution in [0.5, 0.6) is 0 Å². The smallest absolute Gasteiger partial charge is 0.125 e. The van der Waals surface area contributed by atoms with E-state index in [-0.39, 0.29) is 0 Å². The van der Waals surface area contributed by atoms with Crippen LogP contribution in [0.4, 0.5) is 15.8 Å². The number of nitrogens with zero attached hydrogens (tertiary/aromatic N) is 1. The van der Waals surface area contributed by atoms with Crippen molar-refractivity contribution in [2.24, 2.45) is 0 Å². The van der Waals surface area contributed by atoms with E-state index >= 15 is 0 Å². The third-order valence-corrected chi connectivity index (χ3v) is 2.92. The first kappa shape index (κ1) is 10.3. The van der Waals surface area contributed by atoms with Crippen molar-refractivity contribution in [2.75, 3.05) is 23.7 Å². The van der Waals surface area contributed by atoms with Gasteiger partial charge in [-0.1, -0.05) is 12.1 Å². The summed E-state index contributed by atoms with van der Waals surface area (Å²) in [7, 11) is 0. The normalized spacial score (nSPS) is 26.7. The number of para-hydroxylation sites is 2. The Balaban J connectivity index is 2.21. The monoisotopic (exact) mass is 208 g/mol. The van der Waals surface area contributed by atoms with E-state index in [1.807, 2.05) is 29.2 Å². The van der Waals surface area contributed by atoms with Crippen molar-refractivity contribution in [3.05, 3.63) is 24.3 Å². The molecule has 3 heteroatoms. The maximum absolute atomic E-state index is 13.9. The Hall–Kier alpha value is -1.25. The number of hydrogen-bond donors (Lipinski definition) is 1. The van der Waals surface area contributed by atoms with E-state index in [9.17, 15) is 4.39 Å². The van der Waals surface area contributed by atoms with E-state index in [0.717, 1.165) is 24.3 Å². The van der Waals surface area contributed by atoms with Gasteiger partial charge in [0.15, 0.2) is 0 Å². The minimum absolute atomic E-state index is 0.446. The Morgan fingerprint density at radius 1 is 1.40 bits per heavy atom. The molecule has 0 aromatic heterocycles. The number of nitrogen functional groups attached to an aromatic ring is 1. The van der Waals surface area contributed by atoms with Crippen LogP contribution in [0.2, 0.25) is 0 Å². The summed E-state index contributed by atoms with van der Waals surface area (Å²) in [5.41, 5.74) is 6.48. The summed E-state index contributed by atoms with van der Waals surface area (Å²) in [6, 6.07) is 7.66. The lowest BCUT2D eigenvalue weighted by Crippen LogP contribution is -2.43. The molecule has 1 saturated heterocycles. The van der Waals surface area contributed by atoms with E-state index in [4.69, 9.17) is 5.73 Å². The largest absolute Gasteiger partial charge is 0.397 e. The number of rotatable bonds is 1. The minimum atomic E-state index is -1.08. The predicted octanol–water partition coefficient (Wildman–Crippen LogP) is 2.60. The number of anilines is 2. The fraction of sp³-hybridized carbons (Fsp3) is 0.500. The van der Waals surface area contributed by atoms with Crippen LogP contribution in [0.3, 0.4) is 0 Å². The Labute approximate surface area is 89.9 Å². The van der Waals surface area contributed by atoms with Crippen LogP contribution in [0.25, 0.3) is 0 Å². The number of halogens is 1. The lowest BCUT2D eigenvalue weighted by Gasteiger charge is -2.37. The molecule has 1 heterocycles. The van der Waals surface area contributed by atoms with Gasteiger partial charge < -0.3 is 10.6 Å². The van der Waals surface area contributed by atoms with Crippen LogP contribution in [0.1, 0.15) is 19.8 Å². The molecule has 1 aromatic carbocycles. The molecule has 1 fully saturated rings. The molecule has 15 heavy (non-hydrogen) atoms. The van der Waals surface area contributed by atoms with Crippen molar-refractivity contribution in [2.45, 2.75) is 25.4 Å². The van der Waals surface area contributed by atoms with Gasteiger partial charge in [0.1, 0.15) is 5.67 Å². The summed E-state index contributed by atoms with van der Waals surface area (Å²) in [5.74, 6) is 0. The van der Waals surface area contributed by atoms with Crippen LogP contribution in [0.15, 0.2) is 24.3 Å². The average Bonchev–Trinajstić information content (AvgIpc) is 2.17. The van der Waals surface area contributed by atoms with Gasteiger partial charge in [-0.2, -0.15) is 0 Å². The second kappa shape index (κ2) is 3.72. The molecule has 1 atom stereocenters. The summed E-state index contributed by atoms with van der Waals surface area (Å²) in [4.78, 5) is 2.04. The third-order valence-electron chi connectivity index (χ3n) is 2.92. The highest BCUT2D eigenvalue weighted by atomic mass is 19.1. The summed E-state index contributed by atoms with van der Waals surface area (Å²) >= 11 is 0. The zero-order valence-electron chi connectivity index (χ0n) is 9.04. The van der Waals surface area contributed by atoms with E-state index in [1.165, 1.54) is 0 Å². The highest BCUT2D eigenvalue weighted by Crippen LogP contribution is 2.31. The van der Waals surface area contributed by atoms with Crippen molar-refractivity contribution < 1.29 is 4.39 Å². The third kappa shape index (κ3) is 2.22. The van der Waals surface area contributed by atoms with Gasteiger partial charge >= 0.3 is 0 Å². The summed E-state index contributed by atoms with van der Waals surface area (Å²) in [5, 5.41) is 0. The first-order valence-corrected chi connectivity index (χ1v) is 5.37. The molecule has 1 unspecified atom stereocenters. The fourth-order valence-corrected chi connectivity index (χ4v) is 2.18. The molecule has 1 aliphatic heterocycles. The van der Waals surface area contributed by atoms with Gasteiger partial charge in [0, 0.05) is 6.54 Å². The van der Waals surface area contributed by atoms with Crippen LogP contribution in [-0.2, 0) is 0 Å². The molecular weight excluding hydrogens is 191 g/mol. The summed E-state index contributed by atoms with van der Waals surface area (Å²) in [6.45, 7) is 3.01. The number of alkyl halides is 1. The average molecular weight is 208 g/mol. The van der Waals surface area contributed by atoms with Gasteiger partial charge in [0.25, 0.3) is 0 Å². The number of piperidine rings is 1. The standard InChI is InChI=1S/C12H17FN2/c1-12(13)7-4-8-15(9-12)11-6-3-2-5-10(11)14/h2-3,5-6H,4,7-9,14H2,1H3. The quantitative estimate of drug-likeness (QED) is 0.719. The molecule has 0 aliphatic carbocycles. The molecule has 1 aromatic rings. The van der Waals surface area contributed by atoms with Crippen molar-refractivity contribution in [1.29, 1.82) is 0 Å². The molecular formula is C12H17FN2. The molecule has 0 bridgehead atoms. The second-order valence-corrected chi connectivity index (χ2v) is 4.50. The predicted molar refractivity (Wildman–Crippen MR) is 61.8 cm³/mol.